The first-order valence-corrected chi connectivity index (χ1v) is 9.81. The summed E-state index contributed by atoms with van der Waals surface area (Å²) in [6.07, 6.45) is 4.17. The van der Waals surface area contributed by atoms with Crippen LogP contribution in [-0.4, -0.2) is 26.2 Å². The molecule has 0 N–H and O–H groups in total. The minimum atomic E-state index is -3.98. The molecule has 4 nitrogen and oxygen atoms in total. The predicted molar refractivity (Wildman–Crippen MR) is 97.2 cm³/mol. The Morgan fingerprint density at radius 2 is 1.80 bits per heavy atom. The molecule has 0 fully saturated rings. The Hall–Kier alpha value is -1.88. The fourth-order valence-electron chi connectivity index (χ4n) is 4.99. The zero-order valence-corrected chi connectivity index (χ0v) is 16.4. The first-order valence-electron chi connectivity index (χ1n) is 8.32. The Kier molecular flexibility index (Phi) is 3.81. The van der Waals surface area contributed by atoms with Gasteiger partial charge in [0.25, 0.3) is 0 Å². The third-order valence-corrected chi connectivity index (χ3v) is 8.43. The third kappa shape index (κ3) is 2.05. The summed E-state index contributed by atoms with van der Waals surface area (Å²) in [4.78, 5) is 13.3. The van der Waals surface area contributed by atoms with E-state index in [1.807, 2.05) is 39.0 Å². The zero-order chi connectivity index (χ0) is 18.8. The van der Waals surface area contributed by atoms with Gasteiger partial charge in [-0.25, -0.2) is 13.2 Å². The van der Waals surface area contributed by atoms with Crippen LogP contribution in [0.1, 0.15) is 37.5 Å². The van der Waals surface area contributed by atoms with Gasteiger partial charge in [-0.1, -0.05) is 42.3 Å². The van der Waals surface area contributed by atoms with Gasteiger partial charge in [0.05, 0.1) is 12.0 Å². The quantitative estimate of drug-likeness (QED) is 0.720. The smallest absolute Gasteiger partial charge is 0.332 e. The number of allylic oxidation sites excluding steroid dienone is 3. The first kappa shape index (κ1) is 17.9. The number of benzene rings is 1. The Labute approximate surface area is 149 Å². The molecule has 134 valence electrons. The van der Waals surface area contributed by atoms with Crippen molar-refractivity contribution < 1.29 is 17.9 Å². The summed E-state index contributed by atoms with van der Waals surface area (Å²) in [5.74, 6) is -0.710. The number of hydrogen-bond donors (Lipinski definition) is 0. The molecule has 0 spiro atoms. The maximum atomic E-state index is 13.8. The number of sulfone groups is 1. The Morgan fingerprint density at radius 3 is 2.40 bits per heavy atom. The molecule has 0 unspecified atom stereocenters. The predicted octanol–water partition coefficient (Wildman–Crippen LogP) is 3.46. The summed E-state index contributed by atoms with van der Waals surface area (Å²) in [5.41, 5.74) is 3.06. The van der Waals surface area contributed by atoms with E-state index >= 15 is 0 Å². The molecular weight excluding hydrogens is 336 g/mol. The summed E-state index contributed by atoms with van der Waals surface area (Å²) in [6, 6.07) is 3.77. The molecule has 0 amide bonds. The minimum absolute atomic E-state index is 0.279. The maximum absolute atomic E-state index is 13.8. The fourth-order valence-corrected chi connectivity index (χ4v) is 7.78. The monoisotopic (exact) mass is 360 g/mol. The number of fused-ring (bicyclic) bond motifs is 2. The van der Waals surface area contributed by atoms with Crippen molar-refractivity contribution in [1.82, 2.24) is 0 Å². The lowest BCUT2D eigenvalue weighted by Crippen LogP contribution is -2.63. The van der Waals surface area contributed by atoms with E-state index in [1.165, 1.54) is 7.11 Å². The van der Waals surface area contributed by atoms with Gasteiger partial charge >= 0.3 is 5.97 Å². The minimum Gasteiger partial charge on any atom is -0.468 e. The molecule has 0 saturated heterocycles. The van der Waals surface area contributed by atoms with E-state index < -0.39 is 26.0 Å². The molecule has 3 rings (SSSR count). The first-order chi connectivity index (χ1) is 11.5. The van der Waals surface area contributed by atoms with Gasteiger partial charge in [0.2, 0.25) is 4.75 Å². The van der Waals surface area contributed by atoms with Crippen LogP contribution in [0, 0.1) is 19.3 Å². The molecule has 2 aliphatic rings. The van der Waals surface area contributed by atoms with E-state index in [1.54, 1.807) is 19.9 Å². The average Bonchev–Trinajstić information content (AvgIpc) is 2.43. The molecule has 1 aliphatic heterocycles. The number of rotatable bonds is 1. The summed E-state index contributed by atoms with van der Waals surface area (Å²) in [6.45, 7) is 9.25. The van der Waals surface area contributed by atoms with Crippen LogP contribution in [0.25, 0.3) is 0 Å². The molecule has 1 aliphatic carbocycles. The van der Waals surface area contributed by atoms with Gasteiger partial charge in [-0.15, -0.1) is 0 Å². The molecule has 25 heavy (non-hydrogen) atoms. The topological polar surface area (TPSA) is 60.4 Å². The van der Waals surface area contributed by atoms with Crippen molar-refractivity contribution in [3.8, 4) is 0 Å². The zero-order valence-electron chi connectivity index (χ0n) is 15.6. The summed E-state index contributed by atoms with van der Waals surface area (Å²) >= 11 is 0. The highest BCUT2D eigenvalue weighted by atomic mass is 32.2. The number of hydrogen-bond acceptors (Lipinski definition) is 4. The van der Waals surface area contributed by atoms with Crippen LogP contribution in [0.3, 0.4) is 0 Å². The number of ether oxygens (including phenoxy) is 1. The Bertz CT molecular complexity index is 952. The van der Waals surface area contributed by atoms with Crippen molar-refractivity contribution in [2.24, 2.45) is 5.41 Å². The molecule has 1 aromatic rings. The van der Waals surface area contributed by atoms with Gasteiger partial charge in [-0.05, 0) is 50.8 Å². The second-order valence-corrected chi connectivity index (χ2v) is 9.58. The lowest BCUT2D eigenvalue weighted by Gasteiger charge is -2.50. The molecule has 5 heteroatoms. The normalized spacial score (nSPS) is 29.8. The van der Waals surface area contributed by atoms with E-state index in [0.29, 0.717) is 17.6 Å². The van der Waals surface area contributed by atoms with Crippen LogP contribution in [0.4, 0.5) is 0 Å². The van der Waals surface area contributed by atoms with Crippen molar-refractivity contribution in [3.05, 3.63) is 52.1 Å². The Morgan fingerprint density at radius 1 is 1.16 bits per heavy atom. The number of aryl methyl sites for hydroxylation is 2. The van der Waals surface area contributed by atoms with Crippen molar-refractivity contribution in [2.75, 3.05) is 7.11 Å². The van der Waals surface area contributed by atoms with E-state index in [0.717, 1.165) is 16.7 Å². The highest BCUT2D eigenvalue weighted by Crippen LogP contribution is 2.57. The van der Waals surface area contributed by atoms with E-state index in [-0.39, 0.29) is 4.90 Å². The van der Waals surface area contributed by atoms with Crippen LogP contribution in [0.5, 0.6) is 0 Å². The van der Waals surface area contributed by atoms with Gasteiger partial charge in [-0.3, -0.25) is 0 Å². The van der Waals surface area contributed by atoms with Gasteiger partial charge in [0.15, 0.2) is 9.84 Å². The van der Waals surface area contributed by atoms with E-state index in [9.17, 15) is 13.2 Å². The molecule has 0 bridgehead atoms. The molecule has 0 radical (unpaired) electrons. The Balaban J connectivity index is 2.51. The third-order valence-electron chi connectivity index (χ3n) is 5.55. The number of methoxy groups -OCH3 is 1. The van der Waals surface area contributed by atoms with Crippen molar-refractivity contribution >= 4 is 15.8 Å². The standard InChI is InChI=1S/C20H24O4S/c1-12-7-14(3)17-16(9-12)11-19(5)10-13(2)8-15(4)20(19,18(21)24-6)25(17,22)23/h7-10H,11H2,1-6H3/t19-,20-/m1/s1. The second-order valence-electron chi connectivity index (χ2n) is 7.56. The molecule has 1 aromatic carbocycles. The SMILES string of the molecule is COC(=O)[C@]12C(C)=CC(C)=C[C@]1(C)Cc1cc(C)cc(C)c1S2(=O)=O. The highest BCUT2D eigenvalue weighted by Gasteiger charge is 2.68. The largest absolute Gasteiger partial charge is 0.468 e. The number of carbonyl (C=O) groups is 1. The molecule has 0 saturated carbocycles. The van der Waals surface area contributed by atoms with Crippen molar-refractivity contribution in [2.45, 2.75) is 50.7 Å². The maximum Gasteiger partial charge on any atom is 0.332 e. The fraction of sp³-hybridized carbons (Fsp3) is 0.450. The summed E-state index contributed by atoms with van der Waals surface area (Å²) < 4.78 is 31.0. The average molecular weight is 360 g/mol. The molecule has 1 heterocycles. The summed E-state index contributed by atoms with van der Waals surface area (Å²) in [5, 5.41) is 0. The second kappa shape index (κ2) is 5.31. The van der Waals surface area contributed by atoms with Crippen LogP contribution in [0.2, 0.25) is 0 Å². The van der Waals surface area contributed by atoms with Crippen molar-refractivity contribution in [1.29, 1.82) is 0 Å². The number of esters is 1. The lowest BCUT2D eigenvalue weighted by atomic mass is 9.65. The molecular formula is C20H24O4S. The van der Waals surface area contributed by atoms with Crippen LogP contribution < -0.4 is 0 Å². The van der Waals surface area contributed by atoms with Gasteiger partial charge in [0, 0.05) is 5.41 Å². The van der Waals surface area contributed by atoms with Gasteiger partial charge in [0.1, 0.15) is 0 Å². The molecule has 2 atom stereocenters. The summed E-state index contributed by atoms with van der Waals surface area (Å²) in [7, 11) is -2.73. The van der Waals surface area contributed by atoms with Crippen LogP contribution >= 0.6 is 0 Å². The van der Waals surface area contributed by atoms with Crippen molar-refractivity contribution in [3.63, 3.8) is 0 Å². The van der Waals surface area contributed by atoms with Crippen LogP contribution in [0.15, 0.2) is 40.3 Å². The molecule has 0 aromatic heterocycles. The van der Waals surface area contributed by atoms with E-state index in [4.69, 9.17) is 4.74 Å². The lowest BCUT2D eigenvalue weighted by molar-refractivity contribution is -0.145. The number of carbonyl (C=O) groups excluding carboxylic acids is 1. The van der Waals surface area contributed by atoms with Gasteiger partial charge in [-0.2, -0.15) is 0 Å². The van der Waals surface area contributed by atoms with Crippen LogP contribution in [-0.2, 0) is 25.8 Å². The van der Waals surface area contributed by atoms with E-state index in [2.05, 4.69) is 0 Å². The van der Waals surface area contributed by atoms with Gasteiger partial charge < -0.3 is 4.74 Å². The highest BCUT2D eigenvalue weighted by molar-refractivity contribution is 7.94.